The molecule has 0 spiro atoms. The third kappa shape index (κ3) is 3.28. The summed E-state index contributed by atoms with van der Waals surface area (Å²) in [5.41, 5.74) is 4.52. The Morgan fingerprint density at radius 3 is 2.55 bits per heavy atom. The number of hydrogen-bond acceptors (Lipinski definition) is 3. The first-order valence-electron chi connectivity index (χ1n) is 7.26. The predicted octanol–water partition coefficient (Wildman–Crippen LogP) is 4.96. The van der Waals surface area contributed by atoms with Gasteiger partial charge >= 0.3 is 0 Å². The summed E-state index contributed by atoms with van der Waals surface area (Å²) in [6.07, 6.45) is 3.67. The molecule has 1 heterocycles. The second-order valence-electron chi connectivity index (χ2n) is 5.31. The Labute approximate surface area is 130 Å². The topological polar surface area (TPSA) is 42.5 Å². The van der Waals surface area contributed by atoms with Crippen LogP contribution in [0.1, 0.15) is 16.7 Å². The van der Waals surface area contributed by atoms with Crippen LogP contribution >= 0.6 is 0 Å². The lowest BCUT2D eigenvalue weighted by molar-refractivity contribution is 0.791. The minimum Gasteiger partial charge on any atom is -0.310 e. The Kier molecular flexibility index (Phi) is 4.10. The van der Waals surface area contributed by atoms with E-state index in [0.717, 1.165) is 12.2 Å². The predicted molar refractivity (Wildman–Crippen MR) is 87.9 cm³/mol. The van der Waals surface area contributed by atoms with E-state index in [0.29, 0.717) is 5.95 Å². The zero-order chi connectivity index (χ0) is 15.4. The quantitative estimate of drug-likeness (QED) is 0.626. The average molecular weight is 290 g/mol. The third-order valence-electron chi connectivity index (χ3n) is 3.63. The summed E-state index contributed by atoms with van der Waals surface area (Å²) in [6, 6.07) is 16.3. The second kappa shape index (κ2) is 6.35. The molecule has 110 valence electrons. The number of imidazole rings is 1. The third-order valence-corrected chi connectivity index (χ3v) is 3.63. The van der Waals surface area contributed by atoms with Gasteiger partial charge in [0.05, 0.1) is 12.2 Å². The molecular formula is C18H18N4. The fourth-order valence-electron chi connectivity index (χ4n) is 2.20. The highest BCUT2D eigenvalue weighted by molar-refractivity contribution is 5.43. The standard InChI is InChI=1S/C18H18N4/c1-14-8-9-17(12-15(14)2)20-21-18-19-10-11-22(18)13-16-6-4-3-5-7-16/h3-12H,13H2,1-2H3. The molecule has 3 rings (SSSR count). The van der Waals surface area contributed by atoms with Crippen molar-refractivity contribution in [2.45, 2.75) is 20.4 Å². The van der Waals surface area contributed by atoms with Gasteiger partial charge in [-0.15, -0.1) is 10.2 Å². The highest BCUT2D eigenvalue weighted by Gasteiger charge is 2.02. The van der Waals surface area contributed by atoms with Crippen LogP contribution in [0.3, 0.4) is 0 Å². The van der Waals surface area contributed by atoms with Gasteiger partial charge in [-0.1, -0.05) is 36.4 Å². The molecule has 0 saturated heterocycles. The van der Waals surface area contributed by atoms with Crippen LogP contribution in [-0.4, -0.2) is 9.55 Å². The van der Waals surface area contributed by atoms with Crippen molar-refractivity contribution in [2.75, 3.05) is 0 Å². The van der Waals surface area contributed by atoms with Gasteiger partial charge in [-0.05, 0) is 42.7 Å². The Balaban J connectivity index is 1.80. The molecule has 0 radical (unpaired) electrons. The van der Waals surface area contributed by atoms with E-state index in [9.17, 15) is 0 Å². The number of aromatic nitrogens is 2. The summed E-state index contributed by atoms with van der Waals surface area (Å²) in [7, 11) is 0. The van der Waals surface area contributed by atoms with Crippen LogP contribution in [0, 0.1) is 13.8 Å². The molecule has 2 aromatic carbocycles. The lowest BCUT2D eigenvalue weighted by Gasteiger charge is -2.04. The summed E-state index contributed by atoms with van der Waals surface area (Å²) in [6.45, 7) is 4.90. The van der Waals surface area contributed by atoms with E-state index in [-0.39, 0.29) is 0 Å². The first-order chi connectivity index (χ1) is 10.7. The minimum atomic E-state index is 0.613. The van der Waals surface area contributed by atoms with Crippen molar-refractivity contribution >= 4 is 11.6 Å². The second-order valence-corrected chi connectivity index (χ2v) is 5.31. The fraction of sp³-hybridized carbons (Fsp3) is 0.167. The number of rotatable bonds is 4. The van der Waals surface area contributed by atoms with Crippen molar-refractivity contribution in [1.29, 1.82) is 0 Å². The van der Waals surface area contributed by atoms with Crippen LogP contribution in [-0.2, 0) is 6.54 Å². The molecule has 0 atom stereocenters. The van der Waals surface area contributed by atoms with E-state index in [2.05, 4.69) is 47.3 Å². The van der Waals surface area contributed by atoms with Crippen LogP contribution in [0.4, 0.5) is 11.6 Å². The van der Waals surface area contributed by atoms with Crippen molar-refractivity contribution in [2.24, 2.45) is 10.2 Å². The minimum absolute atomic E-state index is 0.613. The molecule has 22 heavy (non-hydrogen) atoms. The van der Waals surface area contributed by atoms with Crippen LogP contribution in [0.2, 0.25) is 0 Å². The van der Waals surface area contributed by atoms with Gasteiger partial charge in [0, 0.05) is 12.4 Å². The molecule has 0 N–H and O–H groups in total. The van der Waals surface area contributed by atoms with Gasteiger partial charge in [0.15, 0.2) is 0 Å². The summed E-state index contributed by atoms with van der Waals surface area (Å²) in [5, 5.41) is 8.57. The van der Waals surface area contributed by atoms with E-state index in [4.69, 9.17) is 0 Å². The Morgan fingerprint density at radius 2 is 1.77 bits per heavy atom. The van der Waals surface area contributed by atoms with Gasteiger partial charge < -0.3 is 4.57 Å². The van der Waals surface area contributed by atoms with Gasteiger partial charge in [0.25, 0.3) is 0 Å². The van der Waals surface area contributed by atoms with E-state index < -0.39 is 0 Å². The Morgan fingerprint density at radius 1 is 0.955 bits per heavy atom. The van der Waals surface area contributed by atoms with E-state index in [1.54, 1.807) is 6.20 Å². The van der Waals surface area contributed by atoms with Crippen molar-refractivity contribution in [3.05, 3.63) is 77.6 Å². The van der Waals surface area contributed by atoms with Crippen LogP contribution in [0.15, 0.2) is 71.2 Å². The Hall–Kier alpha value is -2.75. The smallest absolute Gasteiger partial charge is 0.249 e. The van der Waals surface area contributed by atoms with Crippen LogP contribution in [0.5, 0.6) is 0 Å². The molecule has 1 aromatic heterocycles. The largest absolute Gasteiger partial charge is 0.310 e. The lowest BCUT2D eigenvalue weighted by atomic mass is 10.1. The number of azo groups is 1. The monoisotopic (exact) mass is 290 g/mol. The maximum Gasteiger partial charge on any atom is 0.249 e. The van der Waals surface area contributed by atoms with E-state index >= 15 is 0 Å². The molecular weight excluding hydrogens is 272 g/mol. The van der Waals surface area contributed by atoms with Gasteiger partial charge in [-0.3, -0.25) is 0 Å². The summed E-state index contributed by atoms with van der Waals surface area (Å²) < 4.78 is 1.99. The van der Waals surface area contributed by atoms with Crippen LogP contribution in [0.25, 0.3) is 0 Å². The fourth-order valence-corrected chi connectivity index (χ4v) is 2.20. The molecule has 0 unspecified atom stereocenters. The SMILES string of the molecule is Cc1ccc(N=Nc2nccn2Cc2ccccc2)cc1C. The van der Waals surface area contributed by atoms with E-state index in [1.165, 1.54) is 16.7 Å². The number of nitrogens with zero attached hydrogens (tertiary/aromatic N) is 4. The zero-order valence-corrected chi connectivity index (χ0v) is 12.8. The molecule has 0 aliphatic heterocycles. The van der Waals surface area contributed by atoms with Gasteiger partial charge in [0.1, 0.15) is 0 Å². The molecule has 4 nitrogen and oxygen atoms in total. The van der Waals surface area contributed by atoms with Gasteiger partial charge in [-0.25, -0.2) is 4.98 Å². The number of aryl methyl sites for hydroxylation is 2. The number of hydrogen-bond donors (Lipinski definition) is 0. The van der Waals surface area contributed by atoms with Crippen molar-refractivity contribution < 1.29 is 0 Å². The Bertz CT molecular complexity index is 788. The van der Waals surface area contributed by atoms with Crippen molar-refractivity contribution in [1.82, 2.24) is 9.55 Å². The lowest BCUT2D eigenvalue weighted by Crippen LogP contribution is -1.97. The molecule has 3 aromatic rings. The molecule has 0 bridgehead atoms. The van der Waals surface area contributed by atoms with Gasteiger partial charge in [0.2, 0.25) is 5.95 Å². The summed E-state index contributed by atoms with van der Waals surface area (Å²) >= 11 is 0. The molecule has 0 aliphatic rings. The van der Waals surface area contributed by atoms with Gasteiger partial charge in [-0.2, -0.15) is 0 Å². The molecule has 0 saturated carbocycles. The zero-order valence-electron chi connectivity index (χ0n) is 12.8. The molecule has 0 aliphatic carbocycles. The molecule has 4 heteroatoms. The molecule has 0 fully saturated rings. The molecule has 0 amide bonds. The first kappa shape index (κ1) is 14.2. The van der Waals surface area contributed by atoms with Crippen molar-refractivity contribution in [3.8, 4) is 0 Å². The van der Waals surface area contributed by atoms with E-state index in [1.807, 2.05) is 41.1 Å². The normalized spacial score (nSPS) is 11.2. The maximum absolute atomic E-state index is 4.29. The highest BCUT2D eigenvalue weighted by atomic mass is 15.3. The summed E-state index contributed by atoms with van der Waals surface area (Å²) in [4.78, 5) is 4.27. The number of benzene rings is 2. The van der Waals surface area contributed by atoms with Crippen molar-refractivity contribution in [3.63, 3.8) is 0 Å². The van der Waals surface area contributed by atoms with Crippen LogP contribution < -0.4 is 0 Å². The maximum atomic E-state index is 4.29. The first-order valence-corrected chi connectivity index (χ1v) is 7.26. The average Bonchev–Trinajstić information content (AvgIpc) is 2.97. The summed E-state index contributed by atoms with van der Waals surface area (Å²) in [5.74, 6) is 0.613. The highest BCUT2D eigenvalue weighted by Crippen LogP contribution is 2.20.